The summed E-state index contributed by atoms with van der Waals surface area (Å²) in [6.07, 6.45) is 0. The van der Waals surface area contributed by atoms with Crippen molar-refractivity contribution in [3.05, 3.63) is 69.3 Å². The van der Waals surface area contributed by atoms with Crippen molar-refractivity contribution < 1.29 is 4.79 Å². The van der Waals surface area contributed by atoms with Crippen LogP contribution in [0.4, 0.5) is 0 Å². The molecule has 0 spiro atoms. The first-order valence-electron chi connectivity index (χ1n) is 6.25. The van der Waals surface area contributed by atoms with E-state index in [1.165, 1.54) is 0 Å². The van der Waals surface area contributed by atoms with Gasteiger partial charge in [-0.25, -0.2) is 0 Å². The lowest BCUT2D eigenvalue weighted by molar-refractivity contribution is 0.0913. The van der Waals surface area contributed by atoms with Crippen molar-refractivity contribution in [3.8, 4) is 0 Å². The average Bonchev–Trinajstić information content (AvgIpc) is 2.48. The second-order valence-corrected chi connectivity index (χ2v) is 6.49. The Kier molecular flexibility index (Phi) is 5.21. The third-order valence-electron chi connectivity index (χ3n) is 3.19. The van der Waals surface area contributed by atoms with Gasteiger partial charge in [-0.15, -0.1) is 0 Å². The first kappa shape index (κ1) is 15.5. The number of halogens is 2. The van der Waals surface area contributed by atoms with E-state index in [1.54, 1.807) is 0 Å². The second-order valence-electron chi connectivity index (χ2n) is 4.77. The summed E-state index contributed by atoms with van der Waals surface area (Å²) in [6.45, 7) is 2.02. The van der Waals surface area contributed by atoms with E-state index >= 15 is 0 Å². The Balaban J connectivity index is 2.27. The Morgan fingerprint density at radius 2 is 1.75 bits per heavy atom. The van der Waals surface area contributed by atoms with Gasteiger partial charge in [0, 0.05) is 8.90 Å². The van der Waals surface area contributed by atoms with Crippen molar-refractivity contribution in [1.29, 1.82) is 0 Å². The molecule has 1 amide bonds. The van der Waals surface area contributed by atoms with Crippen LogP contribution in [0.3, 0.4) is 0 Å². The van der Waals surface area contributed by atoms with Crippen molar-refractivity contribution >= 4 is 44.4 Å². The van der Waals surface area contributed by atoms with Gasteiger partial charge in [-0.2, -0.15) is 0 Å². The average molecular weight is 444 g/mol. The van der Waals surface area contributed by atoms with Crippen molar-refractivity contribution in [2.75, 3.05) is 5.33 Å². The highest BCUT2D eigenvalue weighted by Crippen LogP contribution is 2.24. The number of alkyl halides is 1. The number of amides is 1. The lowest BCUT2D eigenvalue weighted by Crippen LogP contribution is -2.45. The molecule has 4 heteroatoms. The van der Waals surface area contributed by atoms with Crippen molar-refractivity contribution in [2.24, 2.45) is 0 Å². The highest BCUT2D eigenvalue weighted by molar-refractivity contribution is 14.1. The first-order chi connectivity index (χ1) is 9.57. The summed E-state index contributed by atoms with van der Waals surface area (Å²) in [6, 6.07) is 17.6. The number of rotatable bonds is 4. The number of carbonyl (C=O) groups is 1. The molecule has 0 heterocycles. The maximum atomic E-state index is 12.5. The summed E-state index contributed by atoms with van der Waals surface area (Å²) >= 11 is 5.69. The van der Waals surface area contributed by atoms with Gasteiger partial charge < -0.3 is 5.32 Å². The Morgan fingerprint density at radius 3 is 2.35 bits per heavy atom. The van der Waals surface area contributed by atoms with E-state index in [-0.39, 0.29) is 5.91 Å². The SMILES string of the molecule is CC(CBr)(NC(=O)c1ccccc1I)c1ccccc1. The van der Waals surface area contributed by atoms with Gasteiger partial charge in [-0.3, -0.25) is 4.79 Å². The van der Waals surface area contributed by atoms with E-state index in [0.717, 1.165) is 9.13 Å². The van der Waals surface area contributed by atoms with Crippen LogP contribution in [0.15, 0.2) is 54.6 Å². The molecule has 2 aromatic rings. The van der Waals surface area contributed by atoms with Crippen LogP contribution in [0.2, 0.25) is 0 Å². The molecule has 20 heavy (non-hydrogen) atoms. The molecule has 0 aliphatic heterocycles. The zero-order valence-electron chi connectivity index (χ0n) is 11.1. The van der Waals surface area contributed by atoms with Gasteiger partial charge in [0.1, 0.15) is 0 Å². The van der Waals surface area contributed by atoms with Crippen LogP contribution in [0.1, 0.15) is 22.8 Å². The molecule has 0 aromatic heterocycles. The summed E-state index contributed by atoms with van der Waals surface area (Å²) in [5.41, 5.74) is 1.35. The van der Waals surface area contributed by atoms with E-state index in [2.05, 4.69) is 43.8 Å². The van der Waals surface area contributed by atoms with Crippen molar-refractivity contribution in [2.45, 2.75) is 12.5 Å². The van der Waals surface area contributed by atoms with E-state index < -0.39 is 5.54 Å². The van der Waals surface area contributed by atoms with Gasteiger partial charge in [-0.1, -0.05) is 58.4 Å². The minimum Gasteiger partial charge on any atom is -0.342 e. The molecule has 2 aromatic carbocycles. The zero-order valence-corrected chi connectivity index (χ0v) is 14.8. The van der Waals surface area contributed by atoms with Crippen molar-refractivity contribution in [3.63, 3.8) is 0 Å². The summed E-state index contributed by atoms with van der Waals surface area (Å²) in [5, 5.41) is 3.78. The van der Waals surface area contributed by atoms with Crippen LogP contribution in [0.25, 0.3) is 0 Å². The molecule has 104 valence electrons. The van der Waals surface area contributed by atoms with Gasteiger partial charge in [0.05, 0.1) is 11.1 Å². The number of carbonyl (C=O) groups excluding carboxylic acids is 1. The Bertz CT molecular complexity index is 602. The fourth-order valence-electron chi connectivity index (χ4n) is 1.95. The highest BCUT2D eigenvalue weighted by Gasteiger charge is 2.28. The molecular formula is C16H15BrINO. The molecule has 1 unspecified atom stereocenters. The fourth-order valence-corrected chi connectivity index (χ4v) is 3.05. The summed E-state index contributed by atoms with van der Waals surface area (Å²) in [5.74, 6) is -0.0548. The number of hydrogen-bond donors (Lipinski definition) is 1. The monoisotopic (exact) mass is 443 g/mol. The standard InChI is InChI=1S/C16H15BrINO/c1-16(11-17,12-7-3-2-4-8-12)19-15(20)13-9-5-6-10-14(13)18/h2-10H,11H2,1H3,(H,19,20). The van der Waals surface area contributed by atoms with Gasteiger partial charge in [-0.05, 0) is 47.2 Å². The van der Waals surface area contributed by atoms with Gasteiger partial charge in [0.15, 0.2) is 0 Å². The molecule has 2 nitrogen and oxygen atoms in total. The molecular weight excluding hydrogens is 429 g/mol. The Hall–Kier alpha value is -0.880. The lowest BCUT2D eigenvalue weighted by Gasteiger charge is -2.29. The highest BCUT2D eigenvalue weighted by atomic mass is 127. The molecule has 0 saturated carbocycles. The first-order valence-corrected chi connectivity index (χ1v) is 8.45. The van der Waals surface area contributed by atoms with Crippen LogP contribution in [0, 0.1) is 3.57 Å². The third-order valence-corrected chi connectivity index (χ3v) is 5.25. The molecule has 0 aliphatic carbocycles. The molecule has 1 atom stereocenters. The number of benzene rings is 2. The predicted molar refractivity (Wildman–Crippen MR) is 94.2 cm³/mol. The molecule has 0 radical (unpaired) electrons. The Labute approximate surface area is 141 Å². The summed E-state index contributed by atoms with van der Waals surface area (Å²) < 4.78 is 0.951. The fraction of sp³-hybridized carbons (Fsp3) is 0.188. The molecule has 0 bridgehead atoms. The van der Waals surface area contributed by atoms with Gasteiger partial charge in [0.25, 0.3) is 5.91 Å². The van der Waals surface area contributed by atoms with E-state index in [0.29, 0.717) is 10.9 Å². The van der Waals surface area contributed by atoms with E-state index in [9.17, 15) is 4.79 Å². The smallest absolute Gasteiger partial charge is 0.253 e. The summed E-state index contributed by atoms with van der Waals surface area (Å²) in [7, 11) is 0. The van der Waals surface area contributed by atoms with Crippen LogP contribution in [0.5, 0.6) is 0 Å². The largest absolute Gasteiger partial charge is 0.342 e. The van der Waals surface area contributed by atoms with Gasteiger partial charge >= 0.3 is 0 Å². The third kappa shape index (κ3) is 3.41. The van der Waals surface area contributed by atoms with Crippen LogP contribution in [-0.4, -0.2) is 11.2 Å². The minimum atomic E-state index is -0.433. The van der Waals surface area contributed by atoms with Crippen LogP contribution < -0.4 is 5.32 Å². The number of nitrogens with one attached hydrogen (secondary N) is 1. The Morgan fingerprint density at radius 1 is 1.15 bits per heavy atom. The normalized spacial score (nSPS) is 13.6. The maximum Gasteiger partial charge on any atom is 0.253 e. The van der Waals surface area contributed by atoms with E-state index in [4.69, 9.17) is 0 Å². The maximum absolute atomic E-state index is 12.5. The molecule has 2 rings (SSSR count). The zero-order chi connectivity index (χ0) is 14.6. The van der Waals surface area contributed by atoms with Gasteiger partial charge in [0.2, 0.25) is 0 Å². The predicted octanol–water partition coefficient (Wildman–Crippen LogP) is 4.33. The molecule has 0 aliphatic rings. The quantitative estimate of drug-likeness (QED) is 0.553. The van der Waals surface area contributed by atoms with Crippen molar-refractivity contribution in [1.82, 2.24) is 5.32 Å². The van der Waals surface area contributed by atoms with E-state index in [1.807, 2.05) is 61.5 Å². The second kappa shape index (κ2) is 6.72. The topological polar surface area (TPSA) is 29.1 Å². The number of hydrogen-bond acceptors (Lipinski definition) is 1. The van der Waals surface area contributed by atoms with Crippen LogP contribution >= 0.6 is 38.5 Å². The van der Waals surface area contributed by atoms with Crippen LogP contribution in [-0.2, 0) is 5.54 Å². The molecule has 1 N–H and O–H groups in total. The molecule has 0 saturated heterocycles. The lowest BCUT2D eigenvalue weighted by atomic mass is 9.94. The minimum absolute atomic E-state index is 0.0548. The molecule has 0 fully saturated rings. The summed E-state index contributed by atoms with van der Waals surface area (Å²) in [4.78, 5) is 12.5.